The summed E-state index contributed by atoms with van der Waals surface area (Å²) < 4.78 is 0. The molecule has 2 aromatic carbocycles. The van der Waals surface area contributed by atoms with Crippen LogP contribution in [0, 0.1) is 0 Å². The maximum absolute atomic E-state index is 10.7. The van der Waals surface area contributed by atoms with Crippen molar-refractivity contribution in [3.05, 3.63) is 89.1 Å². The third-order valence-corrected chi connectivity index (χ3v) is 3.60. The van der Waals surface area contributed by atoms with Crippen LogP contribution in [0.5, 0.6) is 0 Å². The number of aliphatic hydroxyl groups is 1. The van der Waals surface area contributed by atoms with Crippen LogP contribution < -0.4 is 0 Å². The molecule has 3 rings (SSSR count). The largest absolute Gasteiger partial charge is 0.384 e. The molecular weight excluding hydrogens is 282 g/mol. The second kappa shape index (κ2) is 6.08. The molecule has 0 radical (unpaired) electrons. The van der Waals surface area contributed by atoms with Crippen LogP contribution in [0.2, 0.25) is 5.02 Å². The summed E-state index contributed by atoms with van der Waals surface area (Å²) in [5.74, 6) is 0. The van der Waals surface area contributed by atoms with E-state index >= 15 is 0 Å². The smallest absolute Gasteiger partial charge is 0.105 e. The standard InChI is InChI=1S/C18H14ClNO/c19-14-9-10-15(18(21)13-6-2-1-3-7-13)16(12-14)17-8-4-5-11-20-17/h1-12,18,21H. The highest BCUT2D eigenvalue weighted by molar-refractivity contribution is 6.30. The van der Waals surface area contributed by atoms with Crippen molar-refractivity contribution in [2.24, 2.45) is 0 Å². The molecule has 2 nitrogen and oxygen atoms in total. The fourth-order valence-corrected chi connectivity index (χ4v) is 2.50. The van der Waals surface area contributed by atoms with Crippen LogP contribution in [0.3, 0.4) is 0 Å². The highest BCUT2D eigenvalue weighted by Gasteiger charge is 2.16. The van der Waals surface area contributed by atoms with E-state index in [-0.39, 0.29) is 0 Å². The lowest BCUT2D eigenvalue weighted by atomic mass is 9.95. The summed E-state index contributed by atoms with van der Waals surface area (Å²) in [5.41, 5.74) is 3.28. The lowest BCUT2D eigenvalue weighted by molar-refractivity contribution is 0.221. The highest BCUT2D eigenvalue weighted by atomic mass is 35.5. The molecule has 1 atom stereocenters. The Balaban J connectivity index is 2.11. The lowest BCUT2D eigenvalue weighted by Gasteiger charge is -2.16. The van der Waals surface area contributed by atoms with E-state index in [1.165, 1.54) is 0 Å². The molecule has 0 saturated heterocycles. The molecule has 21 heavy (non-hydrogen) atoms. The molecule has 0 aliphatic rings. The van der Waals surface area contributed by atoms with E-state index in [9.17, 15) is 5.11 Å². The first-order valence-corrected chi connectivity index (χ1v) is 7.07. The van der Waals surface area contributed by atoms with Gasteiger partial charge in [-0.15, -0.1) is 0 Å². The Bertz CT molecular complexity index is 729. The first-order chi connectivity index (χ1) is 10.3. The molecule has 0 amide bonds. The SMILES string of the molecule is OC(c1ccccc1)c1ccc(Cl)cc1-c1ccccn1. The Morgan fingerprint density at radius 2 is 1.67 bits per heavy atom. The molecule has 3 heteroatoms. The van der Waals surface area contributed by atoms with E-state index in [0.29, 0.717) is 5.02 Å². The minimum atomic E-state index is -0.708. The highest BCUT2D eigenvalue weighted by Crippen LogP contribution is 2.32. The minimum Gasteiger partial charge on any atom is -0.384 e. The summed E-state index contributed by atoms with van der Waals surface area (Å²) in [4.78, 5) is 4.36. The molecule has 0 aliphatic heterocycles. The van der Waals surface area contributed by atoms with E-state index in [4.69, 9.17) is 11.6 Å². The summed E-state index contributed by atoms with van der Waals surface area (Å²) in [7, 11) is 0. The second-order valence-electron chi connectivity index (χ2n) is 4.76. The molecule has 1 aromatic heterocycles. The van der Waals surface area contributed by atoms with Crippen molar-refractivity contribution in [1.82, 2.24) is 4.98 Å². The van der Waals surface area contributed by atoms with Crippen molar-refractivity contribution in [1.29, 1.82) is 0 Å². The van der Waals surface area contributed by atoms with Crippen molar-refractivity contribution in [2.45, 2.75) is 6.10 Å². The van der Waals surface area contributed by atoms with Crippen LogP contribution in [-0.2, 0) is 0 Å². The van der Waals surface area contributed by atoms with Gasteiger partial charge in [0.2, 0.25) is 0 Å². The normalized spacial score (nSPS) is 12.1. The van der Waals surface area contributed by atoms with Crippen LogP contribution in [0.25, 0.3) is 11.3 Å². The fraction of sp³-hybridized carbons (Fsp3) is 0.0556. The average molecular weight is 296 g/mol. The number of hydrogen-bond donors (Lipinski definition) is 1. The molecule has 0 aliphatic carbocycles. The monoisotopic (exact) mass is 295 g/mol. The van der Waals surface area contributed by atoms with Crippen molar-refractivity contribution in [2.75, 3.05) is 0 Å². The number of aromatic nitrogens is 1. The van der Waals surface area contributed by atoms with Crippen molar-refractivity contribution < 1.29 is 5.11 Å². The van der Waals surface area contributed by atoms with E-state index in [0.717, 1.165) is 22.4 Å². The molecule has 1 N–H and O–H groups in total. The van der Waals surface area contributed by atoms with Crippen molar-refractivity contribution in [3.63, 3.8) is 0 Å². The number of benzene rings is 2. The number of hydrogen-bond acceptors (Lipinski definition) is 2. The Morgan fingerprint density at radius 3 is 2.38 bits per heavy atom. The third kappa shape index (κ3) is 2.97. The van der Waals surface area contributed by atoms with Gasteiger partial charge in [-0.3, -0.25) is 4.98 Å². The topological polar surface area (TPSA) is 33.1 Å². The Kier molecular flexibility index (Phi) is 4.00. The summed E-state index contributed by atoms with van der Waals surface area (Å²) in [6.07, 6.45) is 1.02. The quantitative estimate of drug-likeness (QED) is 0.772. The summed E-state index contributed by atoms with van der Waals surface area (Å²) in [6.45, 7) is 0. The van der Waals surface area contributed by atoms with Crippen molar-refractivity contribution >= 4 is 11.6 Å². The van der Waals surface area contributed by atoms with Gasteiger partial charge in [-0.2, -0.15) is 0 Å². The first kappa shape index (κ1) is 13.8. The summed E-state index contributed by atoms with van der Waals surface area (Å²) in [5, 5.41) is 11.3. The second-order valence-corrected chi connectivity index (χ2v) is 5.20. The Hall–Kier alpha value is -2.16. The molecule has 0 saturated carbocycles. The third-order valence-electron chi connectivity index (χ3n) is 3.37. The molecule has 0 fully saturated rings. The van der Waals surface area contributed by atoms with Gasteiger partial charge in [0.1, 0.15) is 6.10 Å². The number of pyridine rings is 1. The van der Waals surface area contributed by atoms with E-state index in [2.05, 4.69) is 4.98 Å². The predicted molar refractivity (Wildman–Crippen MR) is 85.2 cm³/mol. The molecule has 3 aromatic rings. The number of rotatable bonds is 3. The fourth-order valence-electron chi connectivity index (χ4n) is 2.33. The van der Waals surface area contributed by atoms with Gasteiger partial charge in [0.25, 0.3) is 0 Å². The van der Waals surface area contributed by atoms with Crippen LogP contribution in [0.15, 0.2) is 72.9 Å². The predicted octanol–water partition coefficient (Wildman–Crippen LogP) is 4.48. The van der Waals surface area contributed by atoms with Gasteiger partial charge < -0.3 is 5.11 Å². The zero-order chi connectivity index (χ0) is 14.7. The van der Waals surface area contributed by atoms with E-state index in [1.807, 2.05) is 60.7 Å². The van der Waals surface area contributed by atoms with Gasteiger partial charge in [0, 0.05) is 16.8 Å². The number of nitrogens with zero attached hydrogens (tertiary/aromatic N) is 1. The maximum Gasteiger partial charge on any atom is 0.105 e. The first-order valence-electron chi connectivity index (χ1n) is 6.69. The zero-order valence-corrected chi connectivity index (χ0v) is 12.0. The van der Waals surface area contributed by atoms with Crippen LogP contribution in [0.4, 0.5) is 0 Å². The molecule has 1 unspecified atom stereocenters. The minimum absolute atomic E-state index is 0.625. The van der Waals surface area contributed by atoms with Gasteiger partial charge in [0.05, 0.1) is 5.69 Å². The van der Waals surface area contributed by atoms with E-state index < -0.39 is 6.10 Å². The van der Waals surface area contributed by atoms with Gasteiger partial charge in [-0.25, -0.2) is 0 Å². The molecule has 104 valence electrons. The maximum atomic E-state index is 10.7. The molecular formula is C18H14ClNO. The van der Waals surface area contributed by atoms with Crippen molar-refractivity contribution in [3.8, 4) is 11.3 Å². The molecule has 1 heterocycles. The van der Waals surface area contributed by atoms with Gasteiger partial charge in [0.15, 0.2) is 0 Å². The average Bonchev–Trinajstić information content (AvgIpc) is 2.56. The van der Waals surface area contributed by atoms with Crippen LogP contribution >= 0.6 is 11.6 Å². The van der Waals surface area contributed by atoms with Crippen LogP contribution in [-0.4, -0.2) is 10.1 Å². The van der Waals surface area contributed by atoms with Gasteiger partial charge in [-0.1, -0.05) is 54.1 Å². The number of halogens is 1. The van der Waals surface area contributed by atoms with Gasteiger partial charge in [-0.05, 0) is 35.4 Å². The lowest BCUT2D eigenvalue weighted by Crippen LogP contribution is -2.02. The molecule has 0 spiro atoms. The summed E-state index contributed by atoms with van der Waals surface area (Å²) >= 11 is 6.11. The van der Waals surface area contributed by atoms with E-state index in [1.54, 1.807) is 12.3 Å². The van der Waals surface area contributed by atoms with Crippen LogP contribution in [0.1, 0.15) is 17.2 Å². The van der Waals surface area contributed by atoms with Gasteiger partial charge >= 0.3 is 0 Å². The molecule has 0 bridgehead atoms. The number of aliphatic hydroxyl groups excluding tert-OH is 1. The Morgan fingerprint density at radius 1 is 0.905 bits per heavy atom. The Labute approximate surface area is 128 Å². The zero-order valence-electron chi connectivity index (χ0n) is 11.3. The summed E-state index contributed by atoms with van der Waals surface area (Å²) in [6, 6.07) is 20.7.